The lowest BCUT2D eigenvalue weighted by molar-refractivity contribution is -0.169. The van der Waals surface area contributed by atoms with Gasteiger partial charge in [0, 0.05) is 26.2 Å². The molecule has 0 saturated carbocycles. The molecule has 3 amide bonds. The molecular weight excluding hydrogens is 584 g/mol. The maximum absolute atomic E-state index is 13.9. The summed E-state index contributed by atoms with van der Waals surface area (Å²) in [5.41, 5.74) is 5.17. The summed E-state index contributed by atoms with van der Waals surface area (Å²) in [6.45, 7) is 15.7. The van der Waals surface area contributed by atoms with Crippen molar-refractivity contribution < 1.29 is 33.7 Å². The van der Waals surface area contributed by atoms with Crippen molar-refractivity contribution in [2.75, 3.05) is 33.0 Å². The number of hydrogen-bond acceptors (Lipinski definition) is 9. The molecule has 2 heterocycles. The van der Waals surface area contributed by atoms with Crippen molar-refractivity contribution in [1.82, 2.24) is 20.5 Å². The van der Waals surface area contributed by atoms with E-state index in [-0.39, 0.29) is 38.1 Å². The molecule has 244 valence electrons. The van der Waals surface area contributed by atoms with Crippen molar-refractivity contribution in [3.05, 3.63) is 40.5 Å². The summed E-state index contributed by atoms with van der Waals surface area (Å²) in [6, 6.07) is 3.95. The van der Waals surface area contributed by atoms with Crippen molar-refractivity contribution in [2.24, 2.45) is 5.41 Å². The molecule has 0 unspecified atom stereocenters. The molecule has 0 aliphatic carbocycles. The smallest absolute Gasteiger partial charge is 0.246 e. The van der Waals surface area contributed by atoms with Gasteiger partial charge in [0.2, 0.25) is 17.7 Å². The Morgan fingerprint density at radius 2 is 1.82 bits per heavy atom. The molecule has 12 heteroatoms. The Bertz CT molecular complexity index is 1270. The maximum Gasteiger partial charge on any atom is 0.246 e. The first-order valence-corrected chi connectivity index (χ1v) is 16.0. The highest BCUT2D eigenvalue weighted by atomic mass is 32.1. The number of likely N-dealkylation sites (tertiary alicyclic amines) is 1. The minimum Gasteiger partial charge on any atom is -0.391 e. The van der Waals surface area contributed by atoms with E-state index >= 15 is 0 Å². The van der Waals surface area contributed by atoms with Gasteiger partial charge in [-0.05, 0) is 56.7 Å². The van der Waals surface area contributed by atoms with Crippen molar-refractivity contribution in [1.29, 1.82) is 0 Å². The predicted molar refractivity (Wildman–Crippen MR) is 169 cm³/mol. The lowest BCUT2D eigenvalue weighted by atomic mass is 9.85. The zero-order valence-electron chi connectivity index (χ0n) is 27.1. The molecule has 1 aromatic carbocycles. The Kier molecular flexibility index (Phi) is 12.9. The van der Waals surface area contributed by atoms with Gasteiger partial charge in [-0.1, -0.05) is 39.0 Å². The van der Waals surface area contributed by atoms with E-state index in [1.807, 2.05) is 73.0 Å². The molecule has 1 aliphatic heterocycles. The normalized spacial score (nSPS) is 18.4. The fourth-order valence-corrected chi connectivity index (χ4v) is 6.16. The van der Waals surface area contributed by atoms with Crippen molar-refractivity contribution >= 4 is 29.1 Å². The van der Waals surface area contributed by atoms with Gasteiger partial charge in [0.25, 0.3) is 0 Å². The molecule has 1 aliphatic rings. The summed E-state index contributed by atoms with van der Waals surface area (Å²) < 4.78 is 16.4. The van der Waals surface area contributed by atoms with Gasteiger partial charge in [-0.15, -0.1) is 11.3 Å². The van der Waals surface area contributed by atoms with E-state index in [1.54, 1.807) is 11.3 Å². The number of ether oxygens (including phenoxy) is 3. The summed E-state index contributed by atoms with van der Waals surface area (Å²) in [6.07, 6.45) is -1.34. The highest BCUT2D eigenvalue weighted by molar-refractivity contribution is 7.13. The topological polar surface area (TPSA) is 139 Å². The Balaban J connectivity index is 1.67. The van der Waals surface area contributed by atoms with Crippen LogP contribution in [0.2, 0.25) is 0 Å². The fourth-order valence-electron chi connectivity index (χ4n) is 5.36. The van der Waals surface area contributed by atoms with Crippen molar-refractivity contribution in [2.45, 2.75) is 92.3 Å². The number of thiazole rings is 1. The molecule has 3 rings (SSSR count). The number of benzene rings is 1. The number of aliphatic hydroxyl groups excluding tert-OH is 1. The first-order valence-electron chi connectivity index (χ1n) is 15.2. The van der Waals surface area contributed by atoms with Crippen LogP contribution in [0.4, 0.5) is 0 Å². The second-order valence-corrected chi connectivity index (χ2v) is 13.0. The molecule has 1 aromatic heterocycles. The van der Waals surface area contributed by atoms with Crippen LogP contribution in [-0.2, 0) is 28.6 Å². The molecule has 1 fully saturated rings. The summed E-state index contributed by atoms with van der Waals surface area (Å²) in [5, 5.41) is 16.3. The number of aliphatic hydroxyl groups is 1. The van der Waals surface area contributed by atoms with E-state index < -0.39 is 41.7 Å². The standard InChI is InChI=1S/C32H48N4O7S/c1-9-42-27(43-10-2)17-41-16-26(38)35-29(32(6,7)8)31(40)36-15-23(37)14-25(36)30(39)34-20(4)24-12-11-22(13-19(24)3)28-21(5)33-18-44-28/h11-13,18,20,23,25,27,29,37H,9-10,14-17H2,1-8H3,(H,34,39)(H,35,38)/t20-,23+,25-,29+/m0/s1. The molecule has 4 atom stereocenters. The Hall–Kier alpha value is -2.90. The van der Waals surface area contributed by atoms with E-state index in [0.717, 1.165) is 27.3 Å². The van der Waals surface area contributed by atoms with Gasteiger partial charge in [0.15, 0.2) is 6.29 Å². The Morgan fingerprint density at radius 1 is 1.14 bits per heavy atom. The summed E-state index contributed by atoms with van der Waals surface area (Å²) >= 11 is 1.59. The molecule has 0 bridgehead atoms. The van der Waals surface area contributed by atoms with E-state index in [2.05, 4.69) is 21.7 Å². The largest absolute Gasteiger partial charge is 0.391 e. The number of aromatic nitrogens is 1. The number of nitrogens with one attached hydrogen (secondary N) is 2. The SMILES string of the molecule is CCOC(COCC(=O)N[C@H](C(=O)N1C[C@H](O)C[C@H]1C(=O)N[C@@H](C)c1ccc(-c2scnc2C)cc1C)C(C)(C)C)OCC. The van der Waals surface area contributed by atoms with Crippen LogP contribution in [0.3, 0.4) is 0 Å². The van der Waals surface area contributed by atoms with Crippen LogP contribution in [0.5, 0.6) is 0 Å². The van der Waals surface area contributed by atoms with Gasteiger partial charge in [-0.3, -0.25) is 14.4 Å². The number of amides is 3. The average molecular weight is 633 g/mol. The van der Waals surface area contributed by atoms with Crippen LogP contribution in [-0.4, -0.2) is 90.2 Å². The number of rotatable bonds is 14. The van der Waals surface area contributed by atoms with E-state index in [1.165, 1.54) is 4.90 Å². The average Bonchev–Trinajstić information content (AvgIpc) is 3.56. The summed E-state index contributed by atoms with van der Waals surface area (Å²) in [7, 11) is 0. The Labute approximate surface area is 264 Å². The molecule has 1 saturated heterocycles. The van der Waals surface area contributed by atoms with Crippen LogP contribution in [0, 0.1) is 19.3 Å². The van der Waals surface area contributed by atoms with Gasteiger partial charge in [-0.25, -0.2) is 4.98 Å². The summed E-state index contributed by atoms with van der Waals surface area (Å²) in [5.74, 6) is -1.27. The molecule has 0 radical (unpaired) electrons. The maximum atomic E-state index is 13.9. The van der Waals surface area contributed by atoms with Crippen LogP contribution < -0.4 is 10.6 Å². The zero-order chi connectivity index (χ0) is 32.6. The van der Waals surface area contributed by atoms with Gasteiger partial charge in [-0.2, -0.15) is 0 Å². The van der Waals surface area contributed by atoms with Crippen molar-refractivity contribution in [3.8, 4) is 10.4 Å². The first kappa shape index (κ1) is 35.6. The Morgan fingerprint density at radius 3 is 2.39 bits per heavy atom. The number of carbonyl (C=O) groups is 3. The fraction of sp³-hybridized carbons (Fsp3) is 0.625. The third-order valence-electron chi connectivity index (χ3n) is 7.58. The van der Waals surface area contributed by atoms with Gasteiger partial charge in [0.1, 0.15) is 18.7 Å². The second-order valence-electron chi connectivity index (χ2n) is 12.2. The van der Waals surface area contributed by atoms with Crippen LogP contribution in [0.25, 0.3) is 10.4 Å². The molecule has 3 N–H and O–H groups in total. The monoisotopic (exact) mass is 632 g/mol. The van der Waals surface area contributed by atoms with Crippen molar-refractivity contribution in [3.63, 3.8) is 0 Å². The molecular formula is C32H48N4O7S. The quantitative estimate of drug-likeness (QED) is 0.269. The number of carbonyl (C=O) groups excluding carboxylic acids is 3. The third-order valence-corrected chi connectivity index (χ3v) is 8.56. The molecule has 44 heavy (non-hydrogen) atoms. The summed E-state index contributed by atoms with van der Waals surface area (Å²) in [4.78, 5) is 47.1. The van der Waals surface area contributed by atoms with Gasteiger partial charge < -0.3 is 34.9 Å². The zero-order valence-corrected chi connectivity index (χ0v) is 28.0. The minimum absolute atomic E-state index is 0.00340. The highest BCUT2D eigenvalue weighted by Crippen LogP contribution is 2.31. The van der Waals surface area contributed by atoms with E-state index in [0.29, 0.717) is 13.2 Å². The van der Waals surface area contributed by atoms with E-state index in [4.69, 9.17) is 14.2 Å². The number of hydrogen-bond donors (Lipinski definition) is 3. The number of β-amino-alcohol motifs (C(OH)–C–C–N with tert-alkyl or cyclic N) is 1. The lowest BCUT2D eigenvalue weighted by Crippen LogP contribution is -2.58. The van der Waals surface area contributed by atoms with Crippen LogP contribution in [0.1, 0.15) is 70.8 Å². The minimum atomic E-state index is -0.948. The van der Waals surface area contributed by atoms with Crippen LogP contribution >= 0.6 is 11.3 Å². The molecule has 0 spiro atoms. The molecule has 11 nitrogen and oxygen atoms in total. The molecule has 2 aromatic rings. The van der Waals surface area contributed by atoms with Gasteiger partial charge >= 0.3 is 0 Å². The number of nitrogens with zero attached hydrogens (tertiary/aromatic N) is 2. The third kappa shape index (κ3) is 9.31. The van der Waals surface area contributed by atoms with Crippen LogP contribution in [0.15, 0.2) is 23.7 Å². The first-order chi connectivity index (χ1) is 20.8. The highest BCUT2D eigenvalue weighted by Gasteiger charge is 2.44. The second kappa shape index (κ2) is 15.9. The lowest BCUT2D eigenvalue weighted by Gasteiger charge is -2.35. The predicted octanol–water partition coefficient (Wildman–Crippen LogP) is 3.51. The number of aryl methyl sites for hydroxylation is 2. The van der Waals surface area contributed by atoms with Gasteiger partial charge in [0.05, 0.1) is 34.8 Å². The van der Waals surface area contributed by atoms with E-state index in [9.17, 15) is 19.5 Å².